The number of likely N-dealkylation sites (tertiary alicyclic amines) is 1. The minimum Gasteiger partial charge on any atom is -0.507 e. The number of pyridine rings is 1. The molecular formula is C22H23F3N4O2. The van der Waals surface area contributed by atoms with Crippen LogP contribution >= 0.6 is 0 Å². The summed E-state index contributed by atoms with van der Waals surface area (Å²) in [6.45, 7) is 2.72. The molecule has 1 unspecified atom stereocenters. The third kappa shape index (κ3) is 4.50. The summed E-state index contributed by atoms with van der Waals surface area (Å²) in [4.78, 5) is 22.6. The number of aromatic nitrogens is 1. The van der Waals surface area contributed by atoms with Crippen LogP contribution < -0.4 is 5.73 Å². The zero-order valence-electron chi connectivity index (χ0n) is 17.0. The van der Waals surface area contributed by atoms with Gasteiger partial charge in [-0.15, -0.1) is 0 Å². The zero-order valence-corrected chi connectivity index (χ0v) is 17.0. The molecular weight excluding hydrogens is 409 g/mol. The van der Waals surface area contributed by atoms with E-state index in [0.717, 1.165) is 25.5 Å². The van der Waals surface area contributed by atoms with Crippen LogP contribution in [0.5, 0.6) is 5.75 Å². The Bertz CT molecular complexity index is 1020. The van der Waals surface area contributed by atoms with Crippen molar-refractivity contribution in [1.29, 1.82) is 0 Å². The van der Waals surface area contributed by atoms with Crippen LogP contribution in [-0.4, -0.2) is 46.2 Å². The molecule has 0 bridgehead atoms. The minimum absolute atomic E-state index is 0.155. The number of halogens is 3. The van der Waals surface area contributed by atoms with Gasteiger partial charge in [0.05, 0.1) is 11.3 Å². The highest BCUT2D eigenvalue weighted by atomic mass is 19.4. The molecule has 9 heteroatoms. The Morgan fingerprint density at radius 3 is 2.68 bits per heavy atom. The van der Waals surface area contributed by atoms with Crippen LogP contribution in [0.15, 0.2) is 29.3 Å². The first-order valence-corrected chi connectivity index (χ1v) is 10.1. The summed E-state index contributed by atoms with van der Waals surface area (Å²) >= 11 is 0. The maximum atomic E-state index is 12.9. The number of nitrogens with two attached hydrogens (primary N) is 1. The highest BCUT2D eigenvalue weighted by Gasteiger charge is 2.39. The van der Waals surface area contributed by atoms with Crippen molar-refractivity contribution in [1.82, 2.24) is 9.88 Å². The Morgan fingerprint density at radius 1 is 1.32 bits per heavy atom. The molecule has 1 amide bonds. The predicted octanol–water partition coefficient (Wildman–Crippen LogP) is 3.79. The molecule has 2 heterocycles. The molecule has 1 aliphatic carbocycles. The van der Waals surface area contributed by atoms with Crippen molar-refractivity contribution >= 4 is 17.9 Å². The van der Waals surface area contributed by atoms with Crippen molar-refractivity contribution in [2.45, 2.75) is 38.4 Å². The summed E-state index contributed by atoms with van der Waals surface area (Å²) in [6.07, 6.45) is -0.273. The maximum Gasteiger partial charge on any atom is 0.416 e. The van der Waals surface area contributed by atoms with Crippen LogP contribution in [-0.2, 0) is 11.0 Å². The topological polar surface area (TPSA) is 91.8 Å². The number of benzene rings is 1. The number of rotatable bonds is 5. The largest absolute Gasteiger partial charge is 0.507 e. The van der Waals surface area contributed by atoms with Crippen molar-refractivity contribution in [3.8, 4) is 17.0 Å². The fraction of sp³-hybridized carbons (Fsp3) is 0.409. The Labute approximate surface area is 177 Å². The molecule has 1 aliphatic heterocycles. The summed E-state index contributed by atoms with van der Waals surface area (Å²) in [5, 5.41) is 10.2. The summed E-state index contributed by atoms with van der Waals surface area (Å²) in [6, 6.07) is 5.31. The van der Waals surface area contributed by atoms with Gasteiger partial charge < -0.3 is 15.7 Å². The maximum absolute atomic E-state index is 12.9. The van der Waals surface area contributed by atoms with Gasteiger partial charge in [0.2, 0.25) is 5.91 Å². The molecule has 2 aliphatic rings. The van der Waals surface area contributed by atoms with Gasteiger partial charge in [0.1, 0.15) is 11.6 Å². The molecule has 1 aromatic heterocycles. The monoisotopic (exact) mass is 432 g/mol. The Hall–Kier alpha value is -3.10. The smallest absolute Gasteiger partial charge is 0.416 e. The van der Waals surface area contributed by atoms with E-state index < -0.39 is 17.5 Å². The van der Waals surface area contributed by atoms with E-state index in [2.05, 4.69) is 9.98 Å². The molecule has 0 radical (unpaired) electrons. The van der Waals surface area contributed by atoms with Crippen molar-refractivity contribution in [3.05, 3.63) is 41.0 Å². The van der Waals surface area contributed by atoms with E-state index in [1.807, 2.05) is 4.90 Å². The molecule has 1 saturated carbocycles. The first-order chi connectivity index (χ1) is 14.6. The van der Waals surface area contributed by atoms with Crippen LogP contribution in [0.25, 0.3) is 11.3 Å². The van der Waals surface area contributed by atoms with Crippen molar-refractivity contribution in [2.24, 2.45) is 10.9 Å². The quantitative estimate of drug-likeness (QED) is 0.703. The molecule has 1 aromatic carbocycles. The van der Waals surface area contributed by atoms with E-state index in [-0.39, 0.29) is 34.5 Å². The molecule has 3 N–H and O–H groups in total. The summed E-state index contributed by atoms with van der Waals surface area (Å²) in [5.74, 6) is 0.0262. The summed E-state index contributed by atoms with van der Waals surface area (Å²) in [7, 11) is 0. The average molecular weight is 432 g/mol. The number of carbonyl (C=O) groups is 1. The number of aliphatic imine (C=N–C) groups is 1. The third-order valence-corrected chi connectivity index (χ3v) is 5.68. The highest BCUT2D eigenvalue weighted by molar-refractivity contribution is 5.87. The second-order valence-corrected chi connectivity index (χ2v) is 8.20. The van der Waals surface area contributed by atoms with Gasteiger partial charge in [-0.3, -0.25) is 9.79 Å². The number of phenolic OH excluding ortho intramolecular Hbond substituents is 1. The fourth-order valence-electron chi connectivity index (χ4n) is 3.97. The highest BCUT2D eigenvalue weighted by Crippen LogP contribution is 2.38. The van der Waals surface area contributed by atoms with Gasteiger partial charge >= 0.3 is 6.18 Å². The number of nitrogens with zero attached hydrogens (tertiary/aromatic N) is 3. The lowest BCUT2D eigenvalue weighted by molar-refractivity contribution is -0.137. The molecule has 0 spiro atoms. The van der Waals surface area contributed by atoms with Crippen molar-refractivity contribution in [3.63, 3.8) is 0 Å². The number of amides is 1. The van der Waals surface area contributed by atoms with E-state index in [1.165, 1.54) is 6.92 Å². The lowest BCUT2D eigenvalue weighted by Gasteiger charge is -2.14. The van der Waals surface area contributed by atoms with Crippen molar-refractivity contribution in [2.75, 3.05) is 18.8 Å². The third-order valence-electron chi connectivity index (χ3n) is 5.68. The lowest BCUT2D eigenvalue weighted by Crippen LogP contribution is -2.27. The number of anilines is 1. The average Bonchev–Trinajstić information content (AvgIpc) is 3.45. The number of hydrogen-bond donors (Lipinski definition) is 2. The van der Waals surface area contributed by atoms with Crippen LogP contribution in [0.1, 0.15) is 36.0 Å². The normalized spacial score (nSPS) is 19.5. The van der Waals surface area contributed by atoms with Crippen LogP contribution in [0.2, 0.25) is 0 Å². The lowest BCUT2D eigenvalue weighted by atomic mass is 10.00. The number of alkyl halides is 3. The molecule has 31 heavy (non-hydrogen) atoms. The molecule has 1 atom stereocenters. The Balaban J connectivity index is 1.47. The number of hydrogen-bond acceptors (Lipinski definition) is 5. The molecule has 4 rings (SSSR count). The number of aromatic hydroxyl groups is 1. The summed E-state index contributed by atoms with van der Waals surface area (Å²) < 4.78 is 38.8. The molecule has 2 fully saturated rings. The number of nitrogen functional groups attached to an aromatic ring is 1. The van der Waals surface area contributed by atoms with E-state index in [1.54, 1.807) is 18.3 Å². The van der Waals surface area contributed by atoms with E-state index in [9.17, 15) is 23.1 Å². The van der Waals surface area contributed by atoms with Gasteiger partial charge in [0, 0.05) is 48.8 Å². The van der Waals surface area contributed by atoms with Crippen LogP contribution in [0.4, 0.5) is 19.0 Å². The van der Waals surface area contributed by atoms with Gasteiger partial charge in [-0.1, -0.05) is 0 Å². The van der Waals surface area contributed by atoms with Crippen LogP contribution in [0, 0.1) is 12.8 Å². The Morgan fingerprint density at radius 2 is 2.06 bits per heavy atom. The second-order valence-electron chi connectivity index (χ2n) is 8.20. The van der Waals surface area contributed by atoms with E-state index >= 15 is 0 Å². The molecule has 6 nitrogen and oxygen atoms in total. The van der Waals surface area contributed by atoms with E-state index in [0.29, 0.717) is 30.6 Å². The number of phenols is 1. The zero-order chi connectivity index (χ0) is 22.3. The van der Waals surface area contributed by atoms with Gasteiger partial charge in [0.25, 0.3) is 0 Å². The van der Waals surface area contributed by atoms with Gasteiger partial charge in [-0.2, -0.15) is 13.2 Å². The van der Waals surface area contributed by atoms with Crippen molar-refractivity contribution < 1.29 is 23.1 Å². The van der Waals surface area contributed by atoms with Crippen LogP contribution in [0.3, 0.4) is 0 Å². The second kappa shape index (κ2) is 7.86. The number of carbonyl (C=O) groups excluding carboxylic acids is 1. The molecule has 2 aromatic rings. The fourth-order valence-corrected chi connectivity index (χ4v) is 3.97. The standard InChI is InChI=1S/C22H23F3N4O2/c1-12-6-15(22(23,24)25)8-18(30)20(12)17-5-2-14(21(26)28-17)10-27-9-13-7-19(31)29(11-13)16-3-4-16/h2,5-6,8,10,13,16,30H,3-4,7,9,11H2,1H3,(H2,26,28). The first-order valence-electron chi connectivity index (χ1n) is 10.1. The van der Waals surface area contributed by atoms with Gasteiger partial charge in [0.15, 0.2) is 0 Å². The predicted molar refractivity (Wildman–Crippen MR) is 111 cm³/mol. The Kier molecular flexibility index (Phi) is 5.36. The summed E-state index contributed by atoms with van der Waals surface area (Å²) in [5.41, 5.74) is 6.38. The SMILES string of the molecule is Cc1cc(C(F)(F)F)cc(O)c1-c1ccc(C=NCC2CC(=O)N(C3CC3)C2)c(N)n1. The molecule has 164 valence electrons. The first kappa shape index (κ1) is 21.1. The molecule has 1 saturated heterocycles. The minimum atomic E-state index is -4.55. The van der Waals surface area contributed by atoms with Gasteiger partial charge in [-0.25, -0.2) is 4.98 Å². The number of aryl methyl sites for hydroxylation is 1. The van der Waals surface area contributed by atoms with Gasteiger partial charge in [-0.05, 0) is 49.6 Å². The van der Waals surface area contributed by atoms with E-state index in [4.69, 9.17) is 5.73 Å².